The van der Waals surface area contributed by atoms with Gasteiger partial charge in [-0.25, -0.2) is 0 Å². The molecular formula is C15H25N. The number of aryl methyl sites for hydroxylation is 2. The zero-order valence-corrected chi connectivity index (χ0v) is 11.1. The highest BCUT2D eigenvalue weighted by molar-refractivity contribution is 5.32. The summed E-state index contributed by atoms with van der Waals surface area (Å²) in [5.41, 5.74) is 10.2. The number of hydrogen-bond donors (Lipinski definition) is 1. The molecule has 0 spiro atoms. The van der Waals surface area contributed by atoms with Gasteiger partial charge < -0.3 is 5.73 Å². The zero-order chi connectivity index (χ0) is 12.1. The van der Waals surface area contributed by atoms with Gasteiger partial charge in [0.1, 0.15) is 0 Å². The van der Waals surface area contributed by atoms with Crippen LogP contribution in [-0.2, 0) is 0 Å². The molecule has 1 nitrogen and oxygen atoms in total. The molecule has 2 N–H and O–H groups in total. The first kappa shape index (κ1) is 13.2. The van der Waals surface area contributed by atoms with E-state index in [1.54, 1.807) is 0 Å². The SMILES string of the molecule is Cc1ccc(C(N)CCCC(C)C)c(C)c1. The van der Waals surface area contributed by atoms with Crippen LogP contribution in [0, 0.1) is 19.8 Å². The molecule has 0 fully saturated rings. The zero-order valence-electron chi connectivity index (χ0n) is 11.1. The van der Waals surface area contributed by atoms with Crippen molar-refractivity contribution >= 4 is 0 Å². The summed E-state index contributed by atoms with van der Waals surface area (Å²) in [7, 11) is 0. The van der Waals surface area contributed by atoms with Crippen LogP contribution in [0.4, 0.5) is 0 Å². The van der Waals surface area contributed by atoms with Crippen molar-refractivity contribution in [2.45, 2.75) is 53.0 Å². The number of rotatable bonds is 5. The lowest BCUT2D eigenvalue weighted by atomic mass is 9.95. The fourth-order valence-electron chi connectivity index (χ4n) is 2.14. The Morgan fingerprint density at radius 3 is 2.38 bits per heavy atom. The van der Waals surface area contributed by atoms with Crippen LogP contribution in [-0.4, -0.2) is 0 Å². The van der Waals surface area contributed by atoms with Gasteiger partial charge in [0.05, 0.1) is 0 Å². The Kier molecular flexibility index (Phi) is 5.01. The third kappa shape index (κ3) is 3.97. The molecule has 0 aromatic heterocycles. The van der Waals surface area contributed by atoms with Crippen molar-refractivity contribution < 1.29 is 0 Å². The molecule has 0 aliphatic rings. The van der Waals surface area contributed by atoms with Crippen LogP contribution in [0.2, 0.25) is 0 Å². The van der Waals surface area contributed by atoms with Crippen LogP contribution < -0.4 is 5.73 Å². The number of nitrogens with two attached hydrogens (primary N) is 1. The smallest absolute Gasteiger partial charge is 0.0297 e. The van der Waals surface area contributed by atoms with Gasteiger partial charge in [0.25, 0.3) is 0 Å². The molecule has 0 heterocycles. The van der Waals surface area contributed by atoms with Gasteiger partial charge in [0.15, 0.2) is 0 Å². The van der Waals surface area contributed by atoms with E-state index in [1.807, 2.05) is 0 Å². The molecule has 90 valence electrons. The lowest BCUT2D eigenvalue weighted by molar-refractivity contribution is 0.505. The maximum absolute atomic E-state index is 6.23. The maximum atomic E-state index is 6.23. The number of hydrogen-bond acceptors (Lipinski definition) is 1. The van der Waals surface area contributed by atoms with Crippen molar-refractivity contribution in [3.63, 3.8) is 0 Å². The summed E-state index contributed by atoms with van der Waals surface area (Å²) < 4.78 is 0. The Bertz CT molecular complexity index is 328. The van der Waals surface area contributed by atoms with Crippen molar-refractivity contribution in [3.05, 3.63) is 34.9 Å². The predicted molar refractivity (Wildman–Crippen MR) is 71.5 cm³/mol. The van der Waals surface area contributed by atoms with Crippen molar-refractivity contribution in [2.24, 2.45) is 11.7 Å². The highest BCUT2D eigenvalue weighted by atomic mass is 14.6. The normalized spacial score (nSPS) is 13.1. The quantitative estimate of drug-likeness (QED) is 0.791. The van der Waals surface area contributed by atoms with Crippen molar-refractivity contribution in [2.75, 3.05) is 0 Å². The average molecular weight is 219 g/mol. The van der Waals surface area contributed by atoms with Gasteiger partial charge in [-0.1, -0.05) is 50.5 Å². The van der Waals surface area contributed by atoms with E-state index in [-0.39, 0.29) is 6.04 Å². The van der Waals surface area contributed by atoms with Crippen LogP contribution in [0.3, 0.4) is 0 Å². The lowest BCUT2D eigenvalue weighted by Gasteiger charge is -2.15. The Labute approximate surface area is 100 Å². The summed E-state index contributed by atoms with van der Waals surface area (Å²) >= 11 is 0. The summed E-state index contributed by atoms with van der Waals surface area (Å²) in [6.45, 7) is 8.82. The minimum atomic E-state index is 0.208. The van der Waals surface area contributed by atoms with Gasteiger partial charge in [-0.3, -0.25) is 0 Å². The largest absolute Gasteiger partial charge is 0.324 e. The minimum Gasteiger partial charge on any atom is -0.324 e. The van der Waals surface area contributed by atoms with Gasteiger partial charge in [-0.15, -0.1) is 0 Å². The molecule has 0 bridgehead atoms. The topological polar surface area (TPSA) is 26.0 Å². The summed E-state index contributed by atoms with van der Waals surface area (Å²) in [4.78, 5) is 0. The monoisotopic (exact) mass is 219 g/mol. The Morgan fingerprint density at radius 2 is 1.81 bits per heavy atom. The summed E-state index contributed by atoms with van der Waals surface area (Å²) in [6, 6.07) is 6.77. The molecule has 0 saturated heterocycles. The van der Waals surface area contributed by atoms with Crippen molar-refractivity contribution in [3.8, 4) is 0 Å². The van der Waals surface area contributed by atoms with Gasteiger partial charge >= 0.3 is 0 Å². The van der Waals surface area contributed by atoms with Crippen LogP contribution in [0.5, 0.6) is 0 Å². The van der Waals surface area contributed by atoms with E-state index in [4.69, 9.17) is 5.73 Å². The minimum absolute atomic E-state index is 0.208. The third-order valence-corrected chi connectivity index (χ3v) is 3.12. The van der Waals surface area contributed by atoms with Crippen molar-refractivity contribution in [1.29, 1.82) is 0 Å². The van der Waals surface area contributed by atoms with E-state index in [1.165, 1.54) is 29.5 Å². The van der Waals surface area contributed by atoms with E-state index in [2.05, 4.69) is 45.9 Å². The summed E-state index contributed by atoms with van der Waals surface area (Å²) in [5.74, 6) is 0.784. The molecule has 16 heavy (non-hydrogen) atoms. The predicted octanol–water partition coefficient (Wildman–Crippen LogP) is 4.13. The second-order valence-corrected chi connectivity index (χ2v) is 5.29. The number of benzene rings is 1. The maximum Gasteiger partial charge on any atom is 0.0297 e. The Balaban J connectivity index is 2.55. The Hall–Kier alpha value is -0.820. The second kappa shape index (κ2) is 6.05. The molecule has 0 saturated carbocycles. The van der Waals surface area contributed by atoms with E-state index >= 15 is 0 Å². The lowest BCUT2D eigenvalue weighted by Crippen LogP contribution is -2.12. The standard InChI is InChI=1S/C15H25N/c1-11(2)6-5-7-15(16)14-9-8-12(3)10-13(14)4/h8-11,15H,5-7,16H2,1-4H3. The molecular weight excluding hydrogens is 194 g/mol. The van der Waals surface area contributed by atoms with Gasteiger partial charge in [-0.2, -0.15) is 0 Å². The molecule has 1 unspecified atom stereocenters. The molecule has 0 aliphatic carbocycles. The Morgan fingerprint density at radius 1 is 1.12 bits per heavy atom. The highest BCUT2D eigenvalue weighted by Gasteiger charge is 2.08. The van der Waals surface area contributed by atoms with E-state index < -0.39 is 0 Å². The van der Waals surface area contributed by atoms with Crippen LogP contribution in [0.25, 0.3) is 0 Å². The second-order valence-electron chi connectivity index (χ2n) is 5.29. The molecule has 1 heteroatoms. The van der Waals surface area contributed by atoms with Crippen molar-refractivity contribution in [1.82, 2.24) is 0 Å². The van der Waals surface area contributed by atoms with Crippen LogP contribution in [0.1, 0.15) is 55.8 Å². The molecule has 1 aromatic rings. The third-order valence-electron chi connectivity index (χ3n) is 3.12. The summed E-state index contributed by atoms with van der Waals surface area (Å²) in [6.07, 6.45) is 3.60. The fraction of sp³-hybridized carbons (Fsp3) is 0.600. The average Bonchev–Trinajstić information content (AvgIpc) is 2.16. The first-order chi connectivity index (χ1) is 7.50. The van der Waals surface area contributed by atoms with Crippen LogP contribution in [0.15, 0.2) is 18.2 Å². The highest BCUT2D eigenvalue weighted by Crippen LogP contribution is 2.22. The fourth-order valence-corrected chi connectivity index (χ4v) is 2.14. The molecule has 1 rings (SSSR count). The first-order valence-corrected chi connectivity index (χ1v) is 6.33. The first-order valence-electron chi connectivity index (χ1n) is 6.33. The summed E-state index contributed by atoms with van der Waals surface area (Å²) in [5, 5.41) is 0. The van der Waals surface area contributed by atoms with E-state index in [9.17, 15) is 0 Å². The molecule has 0 radical (unpaired) electrons. The van der Waals surface area contributed by atoms with Crippen LogP contribution >= 0.6 is 0 Å². The van der Waals surface area contributed by atoms with E-state index in [0.717, 1.165) is 12.3 Å². The molecule has 1 atom stereocenters. The van der Waals surface area contributed by atoms with E-state index in [0.29, 0.717) is 0 Å². The van der Waals surface area contributed by atoms with Gasteiger partial charge in [-0.05, 0) is 37.3 Å². The van der Waals surface area contributed by atoms with Gasteiger partial charge in [0, 0.05) is 6.04 Å². The molecule has 1 aromatic carbocycles. The van der Waals surface area contributed by atoms with Gasteiger partial charge in [0.2, 0.25) is 0 Å². The molecule has 0 aliphatic heterocycles. The molecule has 0 amide bonds.